The number of fused-ring (bicyclic) bond motifs is 1. The summed E-state index contributed by atoms with van der Waals surface area (Å²) in [5, 5.41) is 6.66. The molecule has 5 heteroatoms. The molecule has 0 unspecified atom stereocenters. The lowest BCUT2D eigenvalue weighted by molar-refractivity contribution is 0.309. The van der Waals surface area contributed by atoms with E-state index in [2.05, 4.69) is 58.8 Å². The van der Waals surface area contributed by atoms with Crippen LogP contribution in [-0.4, -0.2) is 16.6 Å². The van der Waals surface area contributed by atoms with E-state index in [4.69, 9.17) is 4.74 Å². The van der Waals surface area contributed by atoms with Crippen LogP contribution in [-0.2, 0) is 0 Å². The van der Waals surface area contributed by atoms with E-state index in [0.717, 1.165) is 52.5 Å². The molecule has 28 heavy (non-hydrogen) atoms. The SMILES string of the molecule is CCCCOc1ccc(Nc2ncnc3scc(-c4ccc(C)cc4)c23)cc1. The molecule has 4 nitrogen and oxygen atoms in total. The second-order valence-corrected chi connectivity index (χ2v) is 7.63. The Morgan fingerprint density at radius 1 is 1.00 bits per heavy atom. The van der Waals surface area contributed by atoms with Gasteiger partial charge in [0.2, 0.25) is 0 Å². The molecule has 142 valence electrons. The number of hydrogen-bond acceptors (Lipinski definition) is 5. The van der Waals surface area contributed by atoms with Gasteiger partial charge in [0, 0.05) is 16.6 Å². The lowest BCUT2D eigenvalue weighted by atomic mass is 10.0. The van der Waals surface area contributed by atoms with Gasteiger partial charge >= 0.3 is 0 Å². The maximum atomic E-state index is 5.74. The van der Waals surface area contributed by atoms with Crippen LogP contribution in [0.5, 0.6) is 5.75 Å². The Morgan fingerprint density at radius 3 is 2.54 bits per heavy atom. The van der Waals surface area contributed by atoms with E-state index < -0.39 is 0 Å². The molecule has 0 radical (unpaired) electrons. The highest BCUT2D eigenvalue weighted by Crippen LogP contribution is 2.37. The van der Waals surface area contributed by atoms with Gasteiger partial charge in [-0.2, -0.15) is 0 Å². The van der Waals surface area contributed by atoms with Crippen molar-refractivity contribution in [3.63, 3.8) is 0 Å². The normalized spacial score (nSPS) is 10.9. The fourth-order valence-electron chi connectivity index (χ4n) is 3.02. The summed E-state index contributed by atoms with van der Waals surface area (Å²) in [7, 11) is 0. The number of unbranched alkanes of at least 4 members (excludes halogenated alkanes) is 1. The number of aromatic nitrogens is 2. The minimum absolute atomic E-state index is 0.755. The maximum Gasteiger partial charge on any atom is 0.143 e. The molecule has 2 aromatic carbocycles. The zero-order chi connectivity index (χ0) is 19.3. The summed E-state index contributed by atoms with van der Waals surface area (Å²) in [5.41, 5.74) is 4.56. The lowest BCUT2D eigenvalue weighted by Gasteiger charge is -2.10. The van der Waals surface area contributed by atoms with Crippen molar-refractivity contribution in [2.75, 3.05) is 11.9 Å². The number of aryl methyl sites for hydroxylation is 1. The van der Waals surface area contributed by atoms with Gasteiger partial charge in [0.25, 0.3) is 0 Å². The first-order chi connectivity index (χ1) is 13.7. The Kier molecular flexibility index (Phi) is 5.53. The number of anilines is 2. The Balaban J connectivity index is 1.62. The van der Waals surface area contributed by atoms with Crippen LogP contribution in [0.25, 0.3) is 21.3 Å². The smallest absolute Gasteiger partial charge is 0.143 e. The zero-order valence-electron chi connectivity index (χ0n) is 16.1. The fraction of sp³-hybridized carbons (Fsp3) is 0.217. The Hall–Kier alpha value is -2.92. The number of nitrogens with one attached hydrogen (secondary N) is 1. The highest BCUT2D eigenvalue weighted by atomic mass is 32.1. The average molecular weight is 390 g/mol. The molecular weight excluding hydrogens is 366 g/mol. The highest BCUT2D eigenvalue weighted by molar-refractivity contribution is 7.17. The molecular formula is C23H23N3OS. The molecule has 0 aliphatic carbocycles. The first kappa shape index (κ1) is 18.4. The van der Waals surface area contributed by atoms with Gasteiger partial charge in [-0.1, -0.05) is 43.2 Å². The molecule has 1 N–H and O–H groups in total. The molecule has 0 aliphatic rings. The lowest BCUT2D eigenvalue weighted by Crippen LogP contribution is -1.98. The fourth-order valence-corrected chi connectivity index (χ4v) is 3.94. The van der Waals surface area contributed by atoms with Crippen molar-refractivity contribution >= 4 is 33.1 Å². The first-order valence-electron chi connectivity index (χ1n) is 9.53. The second-order valence-electron chi connectivity index (χ2n) is 6.77. The minimum atomic E-state index is 0.755. The Labute approximate surface area is 169 Å². The number of hydrogen-bond donors (Lipinski definition) is 1. The van der Waals surface area contributed by atoms with Gasteiger partial charge in [-0.15, -0.1) is 11.3 Å². The molecule has 0 saturated heterocycles. The number of benzene rings is 2. The summed E-state index contributed by atoms with van der Waals surface area (Å²) >= 11 is 1.64. The third kappa shape index (κ3) is 3.99. The van der Waals surface area contributed by atoms with Crippen molar-refractivity contribution in [2.45, 2.75) is 26.7 Å². The van der Waals surface area contributed by atoms with Crippen molar-refractivity contribution < 1.29 is 4.74 Å². The molecule has 0 atom stereocenters. The summed E-state index contributed by atoms with van der Waals surface area (Å²) in [5.74, 6) is 1.71. The van der Waals surface area contributed by atoms with Crippen molar-refractivity contribution in [2.24, 2.45) is 0 Å². The van der Waals surface area contributed by atoms with Crippen molar-refractivity contribution in [3.05, 3.63) is 65.8 Å². The Bertz CT molecular complexity index is 1060. The standard InChI is InChI=1S/C23H23N3OS/c1-3-4-13-27-19-11-9-18(10-12-19)26-22-21-20(14-28-23(21)25-15-24-22)17-7-5-16(2)6-8-17/h5-12,14-15H,3-4,13H2,1-2H3,(H,24,25,26). The molecule has 0 aliphatic heterocycles. The molecule has 0 fully saturated rings. The summed E-state index contributed by atoms with van der Waals surface area (Å²) in [6.07, 6.45) is 3.81. The molecule has 4 aromatic rings. The maximum absolute atomic E-state index is 5.74. The number of thiophene rings is 1. The van der Waals surface area contributed by atoms with Crippen LogP contribution in [0.15, 0.2) is 60.2 Å². The van der Waals surface area contributed by atoms with E-state index >= 15 is 0 Å². The molecule has 0 saturated carbocycles. The van der Waals surface area contributed by atoms with E-state index in [9.17, 15) is 0 Å². The predicted molar refractivity (Wildman–Crippen MR) is 118 cm³/mol. The van der Waals surface area contributed by atoms with E-state index in [1.165, 1.54) is 11.1 Å². The number of rotatable bonds is 7. The van der Waals surface area contributed by atoms with E-state index in [-0.39, 0.29) is 0 Å². The summed E-state index contributed by atoms with van der Waals surface area (Å²) in [4.78, 5) is 9.94. The third-order valence-electron chi connectivity index (χ3n) is 4.62. The zero-order valence-corrected chi connectivity index (χ0v) is 16.9. The van der Waals surface area contributed by atoms with Crippen LogP contribution in [0.1, 0.15) is 25.3 Å². The van der Waals surface area contributed by atoms with Crippen molar-refractivity contribution in [3.8, 4) is 16.9 Å². The molecule has 0 spiro atoms. The van der Waals surface area contributed by atoms with Gasteiger partial charge in [0.1, 0.15) is 22.7 Å². The van der Waals surface area contributed by atoms with Crippen LogP contribution in [0.2, 0.25) is 0 Å². The number of ether oxygens (including phenoxy) is 1. The van der Waals surface area contributed by atoms with Gasteiger partial charge in [-0.3, -0.25) is 0 Å². The summed E-state index contributed by atoms with van der Waals surface area (Å²) in [6, 6.07) is 16.6. The predicted octanol–water partition coefficient (Wildman–Crippen LogP) is 6.59. The topological polar surface area (TPSA) is 47.0 Å². The van der Waals surface area contributed by atoms with Crippen molar-refractivity contribution in [1.82, 2.24) is 9.97 Å². The van der Waals surface area contributed by atoms with Gasteiger partial charge in [-0.25, -0.2) is 9.97 Å². The van der Waals surface area contributed by atoms with E-state index in [1.54, 1.807) is 17.7 Å². The molecule has 2 aromatic heterocycles. The average Bonchev–Trinajstić information content (AvgIpc) is 3.15. The highest BCUT2D eigenvalue weighted by Gasteiger charge is 2.13. The van der Waals surface area contributed by atoms with E-state index in [1.807, 2.05) is 24.3 Å². The van der Waals surface area contributed by atoms with Gasteiger partial charge in [0.15, 0.2) is 0 Å². The van der Waals surface area contributed by atoms with Gasteiger partial charge in [-0.05, 0) is 43.2 Å². The van der Waals surface area contributed by atoms with Crippen LogP contribution in [0, 0.1) is 6.92 Å². The van der Waals surface area contributed by atoms with Crippen LogP contribution >= 0.6 is 11.3 Å². The minimum Gasteiger partial charge on any atom is -0.494 e. The molecule has 2 heterocycles. The quantitative estimate of drug-likeness (QED) is 0.362. The van der Waals surface area contributed by atoms with Crippen molar-refractivity contribution in [1.29, 1.82) is 0 Å². The van der Waals surface area contributed by atoms with Gasteiger partial charge in [0.05, 0.1) is 12.0 Å². The monoisotopic (exact) mass is 389 g/mol. The number of nitrogens with zero attached hydrogens (tertiary/aromatic N) is 2. The molecule has 0 bridgehead atoms. The van der Waals surface area contributed by atoms with Gasteiger partial charge < -0.3 is 10.1 Å². The van der Waals surface area contributed by atoms with E-state index in [0.29, 0.717) is 0 Å². The third-order valence-corrected chi connectivity index (χ3v) is 5.50. The van der Waals surface area contributed by atoms with Crippen LogP contribution in [0.4, 0.5) is 11.5 Å². The summed E-state index contributed by atoms with van der Waals surface area (Å²) in [6.45, 7) is 5.01. The first-order valence-corrected chi connectivity index (χ1v) is 10.4. The van der Waals surface area contributed by atoms with Crippen LogP contribution < -0.4 is 10.1 Å². The molecule has 4 rings (SSSR count). The molecule has 0 amide bonds. The second kappa shape index (κ2) is 8.40. The summed E-state index contributed by atoms with van der Waals surface area (Å²) < 4.78 is 5.74. The largest absolute Gasteiger partial charge is 0.494 e. The Morgan fingerprint density at radius 2 is 1.79 bits per heavy atom. The van der Waals surface area contributed by atoms with Crippen LogP contribution in [0.3, 0.4) is 0 Å².